The molecule has 2 fully saturated rings. The molecule has 2 unspecified atom stereocenters. The predicted octanol–water partition coefficient (Wildman–Crippen LogP) is 2.59. The smallest absolute Gasteiger partial charge is 0.220 e. The van der Waals surface area contributed by atoms with E-state index < -0.39 is 0 Å². The fraction of sp³-hybridized carbons (Fsp3) is 0.909. The molecule has 0 aromatic heterocycles. The molecular formula is C22H44IN5O2. The number of hydrogen-bond acceptors (Lipinski definition) is 4. The highest BCUT2D eigenvalue weighted by Gasteiger charge is 2.35. The Morgan fingerprint density at radius 3 is 2.47 bits per heavy atom. The quantitative estimate of drug-likeness (QED) is 0.192. The van der Waals surface area contributed by atoms with Gasteiger partial charge in [-0.05, 0) is 63.6 Å². The van der Waals surface area contributed by atoms with Crippen LogP contribution in [0.25, 0.3) is 0 Å². The SMILES string of the molecule is CN=C(NCCCCN1CCC(C(N)=O)CC1)NCC1CCCOC1C(C)(C)C.I. The minimum atomic E-state index is -0.138. The van der Waals surface area contributed by atoms with Gasteiger partial charge in [0, 0.05) is 38.6 Å². The van der Waals surface area contributed by atoms with Crippen LogP contribution in [0, 0.1) is 17.3 Å². The number of hydrogen-bond donors (Lipinski definition) is 3. The first kappa shape index (κ1) is 27.4. The minimum absolute atomic E-state index is 0. The van der Waals surface area contributed by atoms with Crippen molar-refractivity contribution in [2.24, 2.45) is 28.0 Å². The molecule has 0 aliphatic carbocycles. The van der Waals surface area contributed by atoms with Gasteiger partial charge in [0.15, 0.2) is 5.96 Å². The molecule has 2 saturated heterocycles. The van der Waals surface area contributed by atoms with E-state index in [4.69, 9.17) is 10.5 Å². The van der Waals surface area contributed by atoms with E-state index in [1.165, 1.54) is 6.42 Å². The molecule has 0 spiro atoms. The fourth-order valence-corrected chi connectivity index (χ4v) is 4.57. The Kier molecular flexibility index (Phi) is 12.5. The summed E-state index contributed by atoms with van der Waals surface area (Å²) in [5, 5.41) is 6.94. The number of carbonyl (C=O) groups is 1. The molecule has 0 radical (unpaired) electrons. The number of carbonyl (C=O) groups excluding carboxylic acids is 1. The van der Waals surface area contributed by atoms with Gasteiger partial charge >= 0.3 is 0 Å². The number of ether oxygens (including phenoxy) is 1. The van der Waals surface area contributed by atoms with Gasteiger partial charge in [0.2, 0.25) is 5.91 Å². The lowest BCUT2D eigenvalue weighted by Gasteiger charge is -2.40. The second-order valence-electron chi connectivity index (χ2n) is 9.67. The Hall–Kier alpha value is -0.610. The zero-order chi connectivity index (χ0) is 21.3. The monoisotopic (exact) mass is 537 g/mol. The largest absolute Gasteiger partial charge is 0.377 e. The number of nitrogens with one attached hydrogen (secondary N) is 2. The zero-order valence-corrected chi connectivity index (χ0v) is 21.7. The van der Waals surface area contributed by atoms with E-state index in [0.29, 0.717) is 12.0 Å². The molecule has 2 atom stereocenters. The molecule has 176 valence electrons. The van der Waals surface area contributed by atoms with Crippen molar-refractivity contribution in [3.8, 4) is 0 Å². The topological polar surface area (TPSA) is 92.0 Å². The number of likely N-dealkylation sites (tertiary alicyclic amines) is 1. The highest BCUT2D eigenvalue weighted by molar-refractivity contribution is 14.0. The molecule has 30 heavy (non-hydrogen) atoms. The van der Waals surface area contributed by atoms with Gasteiger partial charge in [0.05, 0.1) is 6.10 Å². The summed E-state index contributed by atoms with van der Waals surface area (Å²) in [5.74, 6) is 1.34. The normalized spacial score (nSPS) is 24.2. The number of primary amides is 1. The van der Waals surface area contributed by atoms with Gasteiger partial charge < -0.3 is 26.0 Å². The highest BCUT2D eigenvalue weighted by atomic mass is 127. The Morgan fingerprint density at radius 1 is 1.17 bits per heavy atom. The van der Waals surface area contributed by atoms with Gasteiger partial charge in [-0.15, -0.1) is 24.0 Å². The lowest BCUT2D eigenvalue weighted by atomic mass is 9.78. The Balaban J connectivity index is 0.00000450. The molecule has 2 rings (SSSR count). The third-order valence-corrected chi connectivity index (χ3v) is 6.24. The molecule has 2 aliphatic rings. The zero-order valence-electron chi connectivity index (χ0n) is 19.4. The second kappa shape index (κ2) is 13.7. The fourth-order valence-electron chi connectivity index (χ4n) is 4.57. The number of aliphatic imine (C=N–C) groups is 1. The van der Waals surface area contributed by atoms with Gasteiger partial charge in [-0.3, -0.25) is 9.79 Å². The summed E-state index contributed by atoms with van der Waals surface area (Å²) in [6.07, 6.45) is 6.71. The van der Waals surface area contributed by atoms with Gasteiger partial charge in [0.25, 0.3) is 0 Å². The number of halogens is 1. The first-order valence-corrected chi connectivity index (χ1v) is 11.4. The predicted molar refractivity (Wildman–Crippen MR) is 134 cm³/mol. The molecule has 0 saturated carbocycles. The maximum Gasteiger partial charge on any atom is 0.220 e. The van der Waals surface area contributed by atoms with Crippen LogP contribution in [0.5, 0.6) is 0 Å². The summed E-state index contributed by atoms with van der Waals surface area (Å²) in [7, 11) is 1.83. The third kappa shape index (κ3) is 9.26. The average Bonchev–Trinajstić information content (AvgIpc) is 2.70. The van der Waals surface area contributed by atoms with E-state index in [1.54, 1.807) is 0 Å². The Morgan fingerprint density at radius 2 is 1.87 bits per heavy atom. The molecular weight excluding hydrogens is 493 g/mol. The molecule has 0 bridgehead atoms. The lowest BCUT2D eigenvalue weighted by molar-refractivity contribution is -0.123. The van der Waals surface area contributed by atoms with Gasteiger partial charge in [-0.2, -0.15) is 0 Å². The Bertz CT molecular complexity index is 530. The van der Waals surface area contributed by atoms with Crippen LogP contribution < -0.4 is 16.4 Å². The summed E-state index contributed by atoms with van der Waals surface area (Å²) >= 11 is 0. The average molecular weight is 538 g/mol. The number of nitrogens with zero attached hydrogens (tertiary/aromatic N) is 2. The number of piperidine rings is 1. The summed E-state index contributed by atoms with van der Waals surface area (Å²) in [6.45, 7) is 12.6. The summed E-state index contributed by atoms with van der Waals surface area (Å²) in [5.41, 5.74) is 5.57. The standard InChI is InChI=1S/C22H43N5O2.HI/c1-22(2,3)19-18(8-7-15-29-19)16-26-21(24-4)25-11-5-6-12-27-13-9-17(10-14-27)20(23)28;/h17-19H,5-16H2,1-4H3,(H2,23,28)(H2,24,25,26);1H. The van der Waals surface area contributed by atoms with E-state index in [0.717, 1.165) is 77.4 Å². The lowest BCUT2D eigenvalue weighted by Crippen LogP contribution is -2.47. The van der Waals surface area contributed by atoms with Gasteiger partial charge in [-0.25, -0.2) is 0 Å². The van der Waals surface area contributed by atoms with Crippen LogP contribution in [0.2, 0.25) is 0 Å². The summed E-state index contributed by atoms with van der Waals surface area (Å²) in [4.78, 5) is 18.1. The highest BCUT2D eigenvalue weighted by Crippen LogP contribution is 2.33. The molecule has 0 aromatic carbocycles. The van der Waals surface area contributed by atoms with Crippen molar-refractivity contribution >= 4 is 35.8 Å². The van der Waals surface area contributed by atoms with Crippen LogP contribution in [-0.4, -0.2) is 69.2 Å². The van der Waals surface area contributed by atoms with E-state index in [2.05, 4.69) is 41.3 Å². The van der Waals surface area contributed by atoms with Crippen LogP contribution in [-0.2, 0) is 9.53 Å². The first-order valence-electron chi connectivity index (χ1n) is 11.4. The summed E-state index contributed by atoms with van der Waals surface area (Å²) in [6, 6.07) is 0. The van der Waals surface area contributed by atoms with E-state index >= 15 is 0 Å². The molecule has 2 aliphatic heterocycles. The van der Waals surface area contributed by atoms with E-state index in [9.17, 15) is 4.79 Å². The maximum atomic E-state index is 11.2. The molecule has 1 amide bonds. The van der Waals surface area contributed by atoms with Crippen molar-refractivity contribution in [3.63, 3.8) is 0 Å². The van der Waals surface area contributed by atoms with Crippen LogP contribution in [0.15, 0.2) is 4.99 Å². The van der Waals surface area contributed by atoms with Crippen molar-refractivity contribution in [1.82, 2.24) is 15.5 Å². The van der Waals surface area contributed by atoms with Crippen LogP contribution in [0.4, 0.5) is 0 Å². The number of amides is 1. The number of nitrogens with two attached hydrogens (primary N) is 1. The second-order valence-corrected chi connectivity index (χ2v) is 9.67. The first-order chi connectivity index (χ1) is 13.8. The molecule has 4 N–H and O–H groups in total. The van der Waals surface area contributed by atoms with Crippen molar-refractivity contribution in [1.29, 1.82) is 0 Å². The van der Waals surface area contributed by atoms with Crippen LogP contribution >= 0.6 is 24.0 Å². The molecule has 7 nitrogen and oxygen atoms in total. The van der Waals surface area contributed by atoms with Crippen LogP contribution in [0.3, 0.4) is 0 Å². The molecule has 0 aromatic rings. The maximum absolute atomic E-state index is 11.2. The number of unbranched alkanes of at least 4 members (excludes halogenated alkanes) is 1. The van der Waals surface area contributed by atoms with Crippen molar-refractivity contribution in [2.75, 3.05) is 46.4 Å². The van der Waals surface area contributed by atoms with Crippen molar-refractivity contribution in [2.45, 2.75) is 65.4 Å². The number of rotatable bonds is 8. The summed E-state index contributed by atoms with van der Waals surface area (Å²) < 4.78 is 6.08. The third-order valence-electron chi connectivity index (χ3n) is 6.24. The van der Waals surface area contributed by atoms with Crippen LogP contribution in [0.1, 0.15) is 59.3 Å². The molecule has 8 heteroatoms. The van der Waals surface area contributed by atoms with Crippen molar-refractivity contribution in [3.05, 3.63) is 0 Å². The van der Waals surface area contributed by atoms with Crippen molar-refractivity contribution < 1.29 is 9.53 Å². The minimum Gasteiger partial charge on any atom is -0.377 e. The van der Waals surface area contributed by atoms with E-state index in [-0.39, 0.29) is 41.2 Å². The Labute approximate surface area is 200 Å². The van der Waals surface area contributed by atoms with Gasteiger partial charge in [-0.1, -0.05) is 20.8 Å². The van der Waals surface area contributed by atoms with E-state index in [1.807, 2.05) is 7.05 Å². The molecule has 2 heterocycles. The number of guanidine groups is 1. The van der Waals surface area contributed by atoms with Gasteiger partial charge in [0.1, 0.15) is 0 Å².